The van der Waals surface area contributed by atoms with Gasteiger partial charge in [-0.25, -0.2) is 0 Å². The molecular weight excluding hydrogens is 230 g/mol. The normalized spacial score (nSPS) is 12.6. The van der Waals surface area contributed by atoms with E-state index >= 15 is 0 Å². The van der Waals surface area contributed by atoms with Gasteiger partial charge in [0.15, 0.2) is 0 Å². The molecule has 1 aromatic rings. The average Bonchev–Trinajstić information content (AvgIpc) is 2.32. The van der Waals surface area contributed by atoms with E-state index in [1.54, 1.807) is 12.1 Å². The zero-order chi connectivity index (χ0) is 13.4. The van der Waals surface area contributed by atoms with Crippen molar-refractivity contribution in [2.24, 2.45) is 0 Å². The smallest absolute Gasteiger partial charge is 0.119 e. The summed E-state index contributed by atoms with van der Waals surface area (Å²) in [6, 6.07) is 4.74. The minimum absolute atomic E-state index is 0.0879. The molecular formula is C14H23NO3. The monoisotopic (exact) mass is 253 g/mol. The molecule has 0 bridgehead atoms. The highest BCUT2D eigenvalue weighted by Gasteiger charge is 2.07. The largest absolute Gasteiger partial charge is 0.508 e. The third kappa shape index (κ3) is 5.38. The fraction of sp³-hybridized carbons (Fsp3) is 0.571. The lowest BCUT2D eigenvalue weighted by Gasteiger charge is -2.15. The Balaban J connectivity index is 2.29. The van der Waals surface area contributed by atoms with Crippen LogP contribution in [0.15, 0.2) is 18.2 Å². The van der Waals surface area contributed by atoms with E-state index < -0.39 is 0 Å². The zero-order valence-electron chi connectivity index (χ0n) is 11.1. The minimum Gasteiger partial charge on any atom is -0.508 e. The SMILES string of the molecule is CCCOCCCNC(C)c1cc(O)cc(O)c1. The summed E-state index contributed by atoms with van der Waals surface area (Å²) >= 11 is 0. The topological polar surface area (TPSA) is 61.7 Å². The minimum atomic E-state index is 0.0879. The van der Waals surface area contributed by atoms with Crippen LogP contribution in [-0.4, -0.2) is 30.0 Å². The van der Waals surface area contributed by atoms with E-state index in [0.29, 0.717) is 0 Å². The van der Waals surface area contributed by atoms with Crippen molar-refractivity contribution in [1.29, 1.82) is 0 Å². The third-order valence-electron chi connectivity index (χ3n) is 2.69. The van der Waals surface area contributed by atoms with Gasteiger partial charge in [-0.15, -0.1) is 0 Å². The fourth-order valence-electron chi connectivity index (χ4n) is 1.73. The first-order valence-electron chi connectivity index (χ1n) is 6.47. The molecule has 0 aliphatic heterocycles. The van der Waals surface area contributed by atoms with Gasteiger partial charge in [-0.2, -0.15) is 0 Å². The van der Waals surface area contributed by atoms with Crippen LogP contribution in [0.3, 0.4) is 0 Å². The van der Waals surface area contributed by atoms with Crippen molar-refractivity contribution in [2.45, 2.75) is 32.7 Å². The summed E-state index contributed by atoms with van der Waals surface area (Å²) in [5, 5.41) is 22.1. The standard InChI is InChI=1S/C14H23NO3/c1-3-6-18-7-4-5-15-11(2)12-8-13(16)10-14(17)9-12/h8-11,15-17H,3-7H2,1-2H3. The van der Waals surface area contributed by atoms with E-state index in [1.165, 1.54) is 6.07 Å². The number of rotatable bonds is 8. The molecule has 1 rings (SSSR count). The second-order valence-corrected chi connectivity index (χ2v) is 4.42. The van der Waals surface area contributed by atoms with Crippen LogP contribution in [0.1, 0.15) is 38.3 Å². The quantitative estimate of drug-likeness (QED) is 0.623. The number of nitrogens with one attached hydrogen (secondary N) is 1. The van der Waals surface area contributed by atoms with E-state index in [-0.39, 0.29) is 17.5 Å². The molecule has 0 spiro atoms. The van der Waals surface area contributed by atoms with Gasteiger partial charge in [-0.3, -0.25) is 0 Å². The molecule has 0 fully saturated rings. The van der Waals surface area contributed by atoms with Crippen molar-refractivity contribution in [3.05, 3.63) is 23.8 Å². The Hall–Kier alpha value is -1.26. The van der Waals surface area contributed by atoms with Crippen LogP contribution in [0, 0.1) is 0 Å². The third-order valence-corrected chi connectivity index (χ3v) is 2.69. The van der Waals surface area contributed by atoms with Crippen molar-refractivity contribution < 1.29 is 14.9 Å². The first-order valence-corrected chi connectivity index (χ1v) is 6.47. The summed E-state index contributed by atoms with van der Waals surface area (Å²) in [7, 11) is 0. The number of hydrogen-bond acceptors (Lipinski definition) is 4. The van der Waals surface area contributed by atoms with Gasteiger partial charge in [-0.1, -0.05) is 6.92 Å². The van der Waals surface area contributed by atoms with Gasteiger partial charge < -0.3 is 20.3 Å². The molecule has 0 heterocycles. The summed E-state index contributed by atoms with van der Waals surface area (Å²) in [6.07, 6.45) is 2.00. The molecule has 4 nitrogen and oxygen atoms in total. The van der Waals surface area contributed by atoms with Crippen molar-refractivity contribution >= 4 is 0 Å². The van der Waals surface area contributed by atoms with E-state index in [1.807, 2.05) is 6.92 Å². The molecule has 0 aliphatic carbocycles. The van der Waals surface area contributed by atoms with Gasteiger partial charge in [0.25, 0.3) is 0 Å². The molecule has 102 valence electrons. The molecule has 0 saturated heterocycles. The molecule has 1 aromatic carbocycles. The summed E-state index contributed by atoms with van der Waals surface area (Å²) in [4.78, 5) is 0. The van der Waals surface area contributed by atoms with Crippen LogP contribution in [0.5, 0.6) is 11.5 Å². The van der Waals surface area contributed by atoms with E-state index in [2.05, 4.69) is 12.2 Å². The van der Waals surface area contributed by atoms with Gasteiger partial charge in [-0.05, 0) is 44.0 Å². The Morgan fingerprint density at radius 1 is 1.17 bits per heavy atom. The molecule has 4 heteroatoms. The first kappa shape index (κ1) is 14.8. The van der Waals surface area contributed by atoms with E-state index in [9.17, 15) is 10.2 Å². The predicted molar refractivity (Wildman–Crippen MR) is 71.9 cm³/mol. The number of hydrogen-bond donors (Lipinski definition) is 3. The maximum Gasteiger partial charge on any atom is 0.119 e. The Morgan fingerprint density at radius 2 is 1.83 bits per heavy atom. The lowest BCUT2D eigenvalue weighted by atomic mass is 10.1. The lowest BCUT2D eigenvalue weighted by Crippen LogP contribution is -2.21. The molecule has 0 aliphatic rings. The van der Waals surface area contributed by atoms with Crippen molar-refractivity contribution in [3.63, 3.8) is 0 Å². The van der Waals surface area contributed by atoms with Crippen molar-refractivity contribution in [3.8, 4) is 11.5 Å². The van der Waals surface area contributed by atoms with Gasteiger partial charge in [0.2, 0.25) is 0 Å². The maximum atomic E-state index is 9.40. The Morgan fingerprint density at radius 3 is 2.44 bits per heavy atom. The molecule has 1 atom stereocenters. The highest BCUT2D eigenvalue weighted by Crippen LogP contribution is 2.24. The van der Waals surface area contributed by atoms with Crippen molar-refractivity contribution in [1.82, 2.24) is 5.32 Å². The second kappa shape index (κ2) is 7.95. The number of benzene rings is 1. The molecule has 3 N–H and O–H groups in total. The highest BCUT2D eigenvalue weighted by atomic mass is 16.5. The van der Waals surface area contributed by atoms with Crippen LogP contribution in [-0.2, 0) is 4.74 Å². The molecule has 0 radical (unpaired) electrons. The summed E-state index contributed by atoms with van der Waals surface area (Å²) in [5.41, 5.74) is 0.877. The van der Waals surface area contributed by atoms with Crippen LogP contribution in [0.2, 0.25) is 0 Å². The van der Waals surface area contributed by atoms with Crippen LogP contribution < -0.4 is 5.32 Å². The summed E-state index contributed by atoms with van der Waals surface area (Å²) in [5.74, 6) is 0.176. The second-order valence-electron chi connectivity index (χ2n) is 4.42. The number of phenols is 2. The molecule has 18 heavy (non-hydrogen) atoms. The lowest BCUT2D eigenvalue weighted by molar-refractivity contribution is 0.132. The van der Waals surface area contributed by atoms with Gasteiger partial charge in [0.1, 0.15) is 11.5 Å². The fourth-order valence-corrected chi connectivity index (χ4v) is 1.73. The predicted octanol–water partition coefficient (Wildman–Crippen LogP) is 2.57. The molecule has 0 saturated carbocycles. The van der Waals surface area contributed by atoms with Crippen LogP contribution in [0.25, 0.3) is 0 Å². The average molecular weight is 253 g/mol. The Labute approximate surface area is 109 Å². The highest BCUT2D eigenvalue weighted by molar-refractivity contribution is 5.37. The summed E-state index contributed by atoms with van der Waals surface area (Å²) in [6.45, 7) is 6.52. The molecule has 0 aromatic heterocycles. The Bertz CT molecular complexity index is 335. The zero-order valence-corrected chi connectivity index (χ0v) is 11.1. The van der Waals surface area contributed by atoms with Crippen LogP contribution >= 0.6 is 0 Å². The van der Waals surface area contributed by atoms with Crippen molar-refractivity contribution in [2.75, 3.05) is 19.8 Å². The van der Waals surface area contributed by atoms with Crippen LogP contribution in [0.4, 0.5) is 0 Å². The number of ether oxygens (including phenoxy) is 1. The maximum absolute atomic E-state index is 9.40. The van der Waals surface area contributed by atoms with Gasteiger partial charge in [0.05, 0.1) is 0 Å². The van der Waals surface area contributed by atoms with Gasteiger partial charge >= 0.3 is 0 Å². The number of phenolic OH excluding ortho intramolecular Hbond substituents is 2. The molecule has 1 unspecified atom stereocenters. The number of aromatic hydroxyl groups is 2. The Kier molecular flexibility index (Phi) is 6.54. The summed E-state index contributed by atoms with van der Waals surface area (Å²) < 4.78 is 5.39. The first-order chi connectivity index (χ1) is 8.63. The van der Waals surface area contributed by atoms with E-state index in [4.69, 9.17) is 4.74 Å². The molecule has 0 amide bonds. The van der Waals surface area contributed by atoms with Gasteiger partial charge in [0, 0.05) is 25.3 Å². The van der Waals surface area contributed by atoms with E-state index in [0.717, 1.165) is 38.2 Å².